The van der Waals surface area contributed by atoms with Crippen molar-refractivity contribution in [3.63, 3.8) is 0 Å². The SMILES string of the molecule is COc1ccc2nc(N3CC4COCC(C3)N4C)sc2c1C(=O)N[C@@H]1[C@H]2CC[C@H](C2)[C@@H]1C(=O)Nc1ccc(F)c(C(F)(F)F)c1. The third kappa shape index (κ3) is 5.40. The van der Waals surface area contributed by atoms with Crippen LogP contribution in [0.25, 0.3) is 10.2 Å². The van der Waals surface area contributed by atoms with E-state index in [9.17, 15) is 27.2 Å². The van der Waals surface area contributed by atoms with E-state index in [-0.39, 0.29) is 29.6 Å². The molecule has 240 valence electrons. The maximum Gasteiger partial charge on any atom is 0.419 e. The largest absolute Gasteiger partial charge is 0.496 e. The van der Waals surface area contributed by atoms with Crippen molar-refractivity contribution in [1.82, 2.24) is 15.2 Å². The van der Waals surface area contributed by atoms with Gasteiger partial charge in [-0.25, -0.2) is 9.37 Å². The van der Waals surface area contributed by atoms with E-state index in [1.807, 2.05) is 6.07 Å². The molecule has 2 aromatic carbocycles. The first-order valence-electron chi connectivity index (χ1n) is 15.0. The van der Waals surface area contributed by atoms with Crippen molar-refractivity contribution in [2.75, 3.05) is 50.7 Å². The van der Waals surface area contributed by atoms with Crippen molar-refractivity contribution in [1.29, 1.82) is 0 Å². The van der Waals surface area contributed by atoms with Crippen LogP contribution in [0.3, 0.4) is 0 Å². The molecule has 2 aliphatic heterocycles. The number of nitrogens with one attached hydrogen (secondary N) is 2. The molecule has 2 unspecified atom stereocenters. The fraction of sp³-hybridized carbons (Fsp3) is 0.516. The van der Waals surface area contributed by atoms with Gasteiger partial charge in [-0.05, 0) is 68.5 Å². The van der Waals surface area contributed by atoms with Crippen molar-refractivity contribution >= 4 is 44.2 Å². The normalized spacial score (nSPS) is 28.0. The topological polar surface area (TPSA) is 96.0 Å². The molecule has 4 bridgehead atoms. The Hall–Kier alpha value is -3.49. The summed E-state index contributed by atoms with van der Waals surface area (Å²) in [5.74, 6) is -2.56. The Morgan fingerprint density at radius 1 is 1.09 bits per heavy atom. The highest BCUT2D eigenvalue weighted by atomic mass is 32.1. The maximum absolute atomic E-state index is 14.0. The summed E-state index contributed by atoms with van der Waals surface area (Å²) in [6, 6.07) is 5.91. The van der Waals surface area contributed by atoms with Gasteiger partial charge in [-0.3, -0.25) is 14.5 Å². The number of hydrogen-bond acceptors (Lipinski definition) is 8. The molecule has 45 heavy (non-hydrogen) atoms. The van der Waals surface area contributed by atoms with Gasteiger partial charge >= 0.3 is 6.18 Å². The number of halogens is 4. The summed E-state index contributed by atoms with van der Waals surface area (Å²) >= 11 is 1.43. The summed E-state index contributed by atoms with van der Waals surface area (Å²) in [4.78, 5) is 37.0. The summed E-state index contributed by atoms with van der Waals surface area (Å²) in [7, 11) is 3.61. The number of hydrogen-bond donors (Lipinski definition) is 2. The summed E-state index contributed by atoms with van der Waals surface area (Å²) in [5.41, 5.74) is -0.591. The van der Waals surface area contributed by atoms with Crippen molar-refractivity contribution < 1.29 is 36.6 Å². The van der Waals surface area contributed by atoms with Crippen LogP contribution in [0.2, 0.25) is 0 Å². The lowest BCUT2D eigenvalue weighted by Crippen LogP contribution is -2.63. The number of nitrogens with zero attached hydrogens (tertiary/aromatic N) is 3. The van der Waals surface area contributed by atoms with Gasteiger partial charge in [0.25, 0.3) is 5.91 Å². The molecule has 0 spiro atoms. The minimum absolute atomic E-state index is 0.0313. The number of benzene rings is 2. The Kier molecular flexibility index (Phi) is 7.64. The fourth-order valence-electron chi connectivity index (χ4n) is 7.60. The van der Waals surface area contributed by atoms with E-state index in [1.165, 1.54) is 18.4 Å². The highest BCUT2D eigenvalue weighted by molar-refractivity contribution is 7.22. The standard InChI is InChI=1S/C31H33F4N5O4S/c1-39-18-11-40(12-19(39)14-44-13-18)30-37-22-7-8-23(43-2)25(27(22)45-30)29(42)38-26-16-4-3-15(9-16)24(26)28(41)36-17-5-6-21(32)20(10-17)31(33,34)35/h5-8,10,15-16,18-19,24,26H,3-4,9,11-14H2,1-2H3,(H,36,41)(H,38,42)/t15-,16+,18?,19?,24+,26-/m1/s1. The van der Waals surface area contributed by atoms with Gasteiger partial charge in [-0.15, -0.1) is 0 Å². The summed E-state index contributed by atoms with van der Waals surface area (Å²) in [5, 5.41) is 6.47. The van der Waals surface area contributed by atoms with E-state index in [0.29, 0.717) is 46.9 Å². The van der Waals surface area contributed by atoms with E-state index in [1.54, 1.807) is 6.07 Å². The van der Waals surface area contributed by atoms with Crippen LogP contribution in [0.15, 0.2) is 30.3 Å². The molecule has 6 atom stereocenters. The van der Waals surface area contributed by atoms with E-state index >= 15 is 0 Å². The monoisotopic (exact) mass is 647 g/mol. The van der Waals surface area contributed by atoms with Crippen LogP contribution in [0.5, 0.6) is 5.75 Å². The average molecular weight is 648 g/mol. The van der Waals surface area contributed by atoms with Gasteiger partial charge in [0.15, 0.2) is 5.13 Å². The lowest BCUT2D eigenvalue weighted by Gasteiger charge is -2.48. The number of carbonyl (C=O) groups excluding carboxylic acids is 2. The second-order valence-electron chi connectivity index (χ2n) is 12.4. The Morgan fingerprint density at radius 3 is 2.53 bits per heavy atom. The number of thiazole rings is 1. The first kappa shape index (κ1) is 30.2. The Bertz CT molecular complexity index is 1640. The molecule has 14 heteroatoms. The number of fused-ring (bicyclic) bond motifs is 5. The third-order valence-electron chi connectivity index (χ3n) is 9.92. The van der Waals surface area contributed by atoms with E-state index in [2.05, 4.69) is 27.5 Å². The fourth-order valence-corrected chi connectivity index (χ4v) is 8.72. The molecule has 2 saturated carbocycles. The molecule has 7 rings (SSSR count). The van der Waals surface area contributed by atoms with Gasteiger partial charge < -0.3 is 25.0 Å². The Morgan fingerprint density at radius 2 is 1.82 bits per heavy atom. The zero-order valence-corrected chi connectivity index (χ0v) is 25.5. The van der Waals surface area contributed by atoms with Crippen molar-refractivity contribution in [2.45, 2.75) is 43.6 Å². The third-order valence-corrected chi connectivity index (χ3v) is 11.1. The molecule has 9 nitrogen and oxygen atoms in total. The number of rotatable bonds is 6. The Balaban J connectivity index is 1.14. The number of carbonyl (C=O) groups is 2. The number of likely N-dealkylation sites (N-methyl/N-ethyl adjacent to an activating group) is 1. The van der Waals surface area contributed by atoms with Crippen molar-refractivity contribution in [2.24, 2.45) is 17.8 Å². The number of aromatic nitrogens is 1. The summed E-state index contributed by atoms with van der Waals surface area (Å²) < 4.78 is 65.7. The molecule has 2 N–H and O–H groups in total. The number of alkyl halides is 3. The maximum atomic E-state index is 14.0. The average Bonchev–Trinajstić information content (AvgIpc) is 3.72. The minimum atomic E-state index is -4.90. The second-order valence-corrected chi connectivity index (χ2v) is 13.4. The van der Waals surface area contributed by atoms with Gasteiger partial charge in [0.2, 0.25) is 5.91 Å². The molecular formula is C31H33F4N5O4S. The number of ether oxygens (including phenoxy) is 2. The smallest absolute Gasteiger partial charge is 0.419 e. The van der Waals surface area contributed by atoms with Gasteiger partial charge in [0, 0.05) is 24.8 Å². The van der Waals surface area contributed by atoms with E-state index < -0.39 is 41.3 Å². The Labute approximate surface area is 260 Å². The molecule has 2 aliphatic carbocycles. The van der Waals surface area contributed by atoms with Crippen molar-refractivity contribution in [3.05, 3.63) is 47.3 Å². The van der Waals surface area contributed by atoms with Gasteiger partial charge in [-0.1, -0.05) is 11.3 Å². The molecule has 2 amide bonds. The van der Waals surface area contributed by atoms with Crippen LogP contribution < -0.4 is 20.3 Å². The van der Waals surface area contributed by atoms with E-state index in [0.717, 1.165) is 43.5 Å². The van der Waals surface area contributed by atoms with Crippen LogP contribution in [0, 0.1) is 23.6 Å². The first-order chi connectivity index (χ1) is 21.5. The predicted molar refractivity (Wildman–Crippen MR) is 160 cm³/mol. The minimum Gasteiger partial charge on any atom is -0.496 e. The van der Waals surface area contributed by atoms with Gasteiger partial charge in [0.1, 0.15) is 17.1 Å². The molecule has 0 radical (unpaired) electrons. The number of anilines is 2. The van der Waals surface area contributed by atoms with Crippen LogP contribution in [-0.2, 0) is 15.7 Å². The van der Waals surface area contributed by atoms with Crippen LogP contribution in [0.1, 0.15) is 35.2 Å². The predicted octanol–water partition coefficient (Wildman–Crippen LogP) is 4.77. The zero-order valence-electron chi connectivity index (χ0n) is 24.7. The van der Waals surface area contributed by atoms with Crippen molar-refractivity contribution in [3.8, 4) is 5.75 Å². The molecule has 3 aromatic rings. The second kappa shape index (κ2) is 11.4. The highest BCUT2D eigenvalue weighted by Gasteiger charge is 2.51. The van der Waals surface area contributed by atoms with Crippen LogP contribution in [-0.4, -0.2) is 80.3 Å². The van der Waals surface area contributed by atoms with Crippen LogP contribution in [0.4, 0.5) is 28.4 Å². The van der Waals surface area contributed by atoms with Gasteiger partial charge in [-0.2, -0.15) is 13.2 Å². The zero-order chi connectivity index (χ0) is 31.6. The number of amides is 2. The highest BCUT2D eigenvalue weighted by Crippen LogP contribution is 2.49. The number of methoxy groups -OCH3 is 1. The quantitative estimate of drug-likeness (QED) is 0.373. The van der Waals surface area contributed by atoms with Crippen LogP contribution >= 0.6 is 11.3 Å². The number of piperazine rings is 1. The number of morpholine rings is 1. The lowest BCUT2D eigenvalue weighted by molar-refractivity contribution is -0.140. The molecule has 4 aliphatic rings. The molecule has 3 heterocycles. The molecule has 4 fully saturated rings. The molecular weight excluding hydrogens is 614 g/mol. The molecule has 2 saturated heterocycles. The van der Waals surface area contributed by atoms with E-state index in [4.69, 9.17) is 14.5 Å². The molecule has 1 aromatic heterocycles. The summed E-state index contributed by atoms with van der Waals surface area (Å²) in [6.07, 6.45) is -2.57. The van der Waals surface area contributed by atoms with Gasteiger partial charge in [0.05, 0.1) is 54.1 Å². The first-order valence-corrected chi connectivity index (χ1v) is 15.8. The lowest BCUT2D eigenvalue weighted by atomic mass is 9.83. The summed E-state index contributed by atoms with van der Waals surface area (Å²) in [6.45, 7) is 2.81.